The van der Waals surface area contributed by atoms with E-state index < -0.39 is 16.0 Å². The van der Waals surface area contributed by atoms with Crippen LogP contribution in [-0.4, -0.2) is 27.3 Å². The molecule has 0 fully saturated rings. The average Bonchev–Trinajstić information content (AvgIpc) is 2.61. The van der Waals surface area contributed by atoms with Crippen molar-refractivity contribution in [3.8, 4) is 5.75 Å². The van der Waals surface area contributed by atoms with Gasteiger partial charge in [0, 0.05) is 23.5 Å². The van der Waals surface area contributed by atoms with Crippen molar-refractivity contribution in [2.24, 2.45) is 15.9 Å². The molecule has 0 aliphatic carbocycles. The van der Waals surface area contributed by atoms with Crippen LogP contribution in [0.25, 0.3) is 0 Å². The predicted octanol–water partition coefficient (Wildman–Crippen LogP) is 1.47. The number of nitrogens with two attached hydrogens (primary N) is 2. The summed E-state index contributed by atoms with van der Waals surface area (Å²) in [6.45, 7) is 0. The molecule has 0 unspecified atom stereocenters. The molecule has 2 aromatic rings. The average molecular weight is 374 g/mol. The van der Waals surface area contributed by atoms with Gasteiger partial charge in [-0.15, -0.1) is 4.40 Å². The maximum atomic E-state index is 12.1. The van der Waals surface area contributed by atoms with E-state index in [1.807, 2.05) is 0 Å². The summed E-state index contributed by atoms with van der Waals surface area (Å²) in [6.07, 6.45) is 2.82. The number of carbonyl (C=O) groups excluding carboxylic acids is 1. The lowest BCUT2D eigenvalue weighted by atomic mass is 10.1. The molecule has 0 heterocycles. The van der Waals surface area contributed by atoms with Crippen molar-refractivity contribution >= 4 is 27.5 Å². The van der Waals surface area contributed by atoms with Gasteiger partial charge < -0.3 is 21.5 Å². The van der Waals surface area contributed by atoms with Crippen LogP contribution in [0, 0.1) is 0 Å². The number of methoxy groups -OCH3 is 1. The third-order valence-corrected chi connectivity index (χ3v) is 4.54. The summed E-state index contributed by atoms with van der Waals surface area (Å²) in [5, 5.41) is 2.88. The van der Waals surface area contributed by atoms with E-state index in [1.54, 1.807) is 24.3 Å². The number of ether oxygens (including phenoxy) is 1. The molecule has 0 bridgehead atoms. The number of benzene rings is 2. The Bertz CT molecular complexity index is 947. The fourth-order valence-corrected chi connectivity index (χ4v) is 2.86. The van der Waals surface area contributed by atoms with Gasteiger partial charge in [-0.05, 0) is 36.4 Å². The fourth-order valence-electron chi connectivity index (χ4n) is 2.00. The van der Waals surface area contributed by atoms with Crippen LogP contribution in [0.1, 0.15) is 10.4 Å². The quantitative estimate of drug-likeness (QED) is 0.289. The van der Waals surface area contributed by atoms with Crippen LogP contribution in [0.3, 0.4) is 0 Å². The van der Waals surface area contributed by atoms with Crippen molar-refractivity contribution in [3.63, 3.8) is 0 Å². The number of nitrogens with zero attached hydrogens (tertiary/aromatic N) is 1. The number of hydrogen-bond donors (Lipinski definition) is 3. The summed E-state index contributed by atoms with van der Waals surface area (Å²) in [6, 6.07) is 12.5. The van der Waals surface area contributed by atoms with E-state index in [-0.39, 0.29) is 10.7 Å². The lowest BCUT2D eigenvalue weighted by Crippen LogP contribution is -2.24. The van der Waals surface area contributed by atoms with Crippen molar-refractivity contribution in [1.82, 2.24) is 0 Å². The van der Waals surface area contributed by atoms with Crippen LogP contribution >= 0.6 is 0 Å². The van der Waals surface area contributed by atoms with Crippen LogP contribution < -0.4 is 21.5 Å². The van der Waals surface area contributed by atoms with Gasteiger partial charge in [-0.3, -0.25) is 4.79 Å². The third kappa shape index (κ3) is 5.08. The summed E-state index contributed by atoms with van der Waals surface area (Å²) in [5.74, 6) is -0.149. The van der Waals surface area contributed by atoms with Crippen molar-refractivity contribution < 1.29 is 17.9 Å². The molecule has 2 aromatic carbocycles. The first-order valence-electron chi connectivity index (χ1n) is 7.39. The smallest absolute Gasteiger partial charge is 0.285 e. The zero-order chi connectivity index (χ0) is 19.2. The first-order valence-corrected chi connectivity index (χ1v) is 8.83. The topological polar surface area (TPSA) is 137 Å². The van der Waals surface area contributed by atoms with Gasteiger partial charge in [0.25, 0.3) is 10.0 Å². The molecule has 26 heavy (non-hydrogen) atoms. The second-order valence-electron chi connectivity index (χ2n) is 5.09. The molecule has 9 heteroatoms. The molecule has 0 saturated carbocycles. The SMILES string of the molecule is COc1cccc(C(=O)C=CNc2ccc(S(=O)(=O)N=C(N)N)cc2)c1. The maximum absolute atomic E-state index is 12.1. The third-order valence-electron chi connectivity index (χ3n) is 3.22. The van der Waals surface area contributed by atoms with E-state index in [9.17, 15) is 13.2 Å². The summed E-state index contributed by atoms with van der Waals surface area (Å²) >= 11 is 0. The van der Waals surface area contributed by atoms with Crippen LogP contribution in [0.5, 0.6) is 5.75 Å². The molecule has 0 aliphatic heterocycles. The minimum absolute atomic E-state index is 0.0483. The molecule has 0 radical (unpaired) electrons. The molecule has 0 amide bonds. The van der Waals surface area contributed by atoms with E-state index in [1.165, 1.54) is 43.7 Å². The Hall–Kier alpha value is -3.33. The Kier molecular flexibility index (Phi) is 5.97. The van der Waals surface area contributed by atoms with E-state index in [2.05, 4.69) is 9.71 Å². The molecular weight excluding hydrogens is 356 g/mol. The zero-order valence-corrected chi connectivity index (χ0v) is 14.7. The molecule has 2 rings (SSSR count). The monoisotopic (exact) mass is 374 g/mol. The normalized spacial score (nSPS) is 11.1. The van der Waals surface area contributed by atoms with Gasteiger partial charge in [-0.2, -0.15) is 8.42 Å². The van der Waals surface area contributed by atoms with Gasteiger partial charge in [0.2, 0.25) is 5.96 Å². The van der Waals surface area contributed by atoms with Crippen LogP contribution in [0.2, 0.25) is 0 Å². The number of hydrogen-bond acceptors (Lipinski definition) is 5. The highest BCUT2D eigenvalue weighted by molar-refractivity contribution is 7.90. The molecule has 8 nitrogen and oxygen atoms in total. The van der Waals surface area contributed by atoms with Gasteiger partial charge in [-0.1, -0.05) is 12.1 Å². The molecule has 0 saturated heterocycles. The van der Waals surface area contributed by atoms with E-state index in [0.717, 1.165) is 0 Å². The van der Waals surface area contributed by atoms with Crippen molar-refractivity contribution in [1.29, 1.82) is 0 Å². The second kappa shape index (κ2) is 8.17. The predicted molar refractivity (Wildman–Crippen MR) is 99.5 cm³/mol. The summed E-state index contributed by atoms with van der Waals surface area (Å²) in [4.78, 5) is 12.0. The molecule has 0 spiro atoms. The number of sulfonamides is 1. The molecule has 5 N–H and O–H groups in total. The summed E-state index contributed by atoms with van der Waals surface area (Å²) in [5.41, 5.74) is 11.3. The van der Waals surface area contributed by atoms with E-state index in [0.29, 0.717) is 17.0 Å². The lowest BCUT2D eigenvalue weighted by molar-refractivity contribution is 0.104. The summed E-state index contributed by atoms with van der Waals surface area (Å²) < 4.78 is 31.9. The number of nitrogens with one attached hydrogen (secondary N) is 1. The van der Waals surface area contributed by atoms with Gasteiger partial charge in [0.05, 0.1) is 12.0 Å². The zero-order valence-electron chi connectivity index (χ0n) is 13.9. The van der Waals surface area contributed by atoms with Crippen molar-refractivity contribution in [3.05, 3.63) is 66.4 Å². The molecular formula is C17H18N4O4S. The molecule has 136 valence electrons. The molecule has 0 aliphatic rings. The summed E-state index contributed by atoms with van der Waals surface area (Å²) in [7, 11) is -2.40. The number of anilines is 1. The Morgan fingerprint density at radius 1 is 1.15 bits per heavy atom. The number of allylic oxidation sites excluding steroid dienone is 1. The minimum atomic E-state index is -3.93. The Morgan fingerprint density at radius 2 is 1.85 bits per heavy atom. The van der Waals surface area contributed by atoms with E-state index in [4.69, 9.17) is 16.2 Å². The van der Waals surface area contributed by atoms with Crippen LogP contribution in [0.15, 0.2) is 70.1 Å². The Morgan fingerprint density at radius 3 is 2.46 bits per heavy atom. The number of carbonyl (C=O) groups is 1. The first-order chi connectivity index (χ1) is 12.3. The number of ketones is 1. The van der Waals surface area contributed by atoms with E-state index >= 15 is 0 Å². The lowest BCUT2D eigenvalue weighted by Gasteiger charge is -2.03. The largest absolute Gasteiger partial charge is 0.497 e. The van der Waals surface area contributed by atoms with Gasteiger partial charge in [-0.25, -0.2) is 0 Å². The standard InChI is InChI=1S/C17H18N4O4S/c1-25-14-4-2-3-12(11-14)16(22)9-10-20-13-5-7-15(8-6-13)26(23,24)21-17(18)19/h2-11,20H,1H3,(H4,18,19,21). The molecule has 0 aromatic heterocycles. The minimum Gasteiger partial charge on any atom is -0.497 e. The highest BCUT2D eigenvalue weighted by Crippen LogP contribution is 2.16. The number of guanidine groups is 1. The second-order valence-corrected chi connectivity index (χ2v) is 6.69. The van der Waals surface area contributed by atoms with Gasteiger partial charge >= 0.3 is 0 Å². The van der Waals surface area contributed by atoms with Crippen LogP contribution in [0.4, 0.5) is 5.69 Å². The highest BCUT2D eigenvalue weighted by Gasteiger charge is 2.12. The van der Waals surface area contributed by atoms with Crippen molar-refractivity contribution in [2.75, 3.05) is 12.4 Å². The number of rotatable bonds is 7. The first kappa shape index (κ1) is 19.0. The Labute approximate surface area is 151 Å². The maximum Gasteiger partial charge on any atom is 0.285 e. The van der Waals surface area contributed by atoms with Crippen molar-refractivity contribution in [2.45, 2.75) is 4.90 Å². The molecule has 0 atom stereocenters. The highest BCUT2D eigenvalue weighted by atomic mass is 32.2. The Balaban J connectivity index is 2.04. The fraction of sp³-hybridized carbons (Fsp3) is 0.0588. The van der Waals surface area contributed by atoms with Gasteiger partial charge in [0.1, 0.15) is 5.75 Å². The van der Waals surface area contributed by atoms with Crippen LogP contribution in [-0.2, 0) is 10.0 Å². The van der Waals surface area contributed by atoms with Gasteiger partial charge in [0.15, 0.2) is 5.78 Å².